The van der Waals surface area contributed by atoms with E-state index in [2.05, 4.69) is 23.5 Å². The first-order valence-corrected chi connectivity index (χ1v) is 5.86. The van der Waals surface area contributed by atoms with Crippen LogP contribution < -0.4 is 5.73 Å². The van der Waals surface area contributed by atoms with Crippen molar-refractivity contribution >= 4 is 11.8 Å². The largest absolute Gasteiger partial charge is 0.356 e. The first-order chi connectivity index (χ1) is 7.33. The van der Waals surface area contributed by atoms with Crippen LogP contribution in [0.4, 0.5) is 0 Å². The Morgan fingerprint density at radius 3 is 2.60 bits per heavy atom. The molecule has 2 rings (SSSR count). The van der Waals surface area contributed by atoms with Crippen molar-refractivity contribution in [2.24, 2.45) is 5.73 Å². The molecule has 1 aromatic heterocycles. The van der Waals surface area contributed by atoms with Gasteiger partial charge in [-0.15, -0.1) is 11.8 Å². The molecule has 0 amide bonds. The number of rotatable bonds is 3. The standard InChI is InChI=1S/C11H12N2OS/c1-15-10-4-2-8(3-5-10)11-6-9(7-12)13-14-11/h2-6H,7,12H2,1H3. The number of benzene rings is 1. The maximum Gasteiger partial charge on any atom is 0.167 e. The third kappa shape index (κ3) is 2.22. The summed E-state index contributed by atoms with van der Waals surface area (Å²) >= 11 is 1.72. The van der Waals surface area contributed by atoms with E-state index in [9.17, 15) is 0 Å². The summed E-state index contributed by atoms with van der Waals surface area (Å²) in [6.45, 7) is 0.409. The fourth-order valence-corrected chi connectivity index (χ4v) is 1.71. The van der Waals surface area contributed by atoms with Crippen molar-refractivity contribution in [2.45, 2.75) is 11.4 Å². The molecule has 4 heteroatoms. The summed E-state index contributed by atoms with van der Waals surface area (Å²) in [7, 11) is 0. The summed E-state index contributed by atoms with van der Waals surface area (Å²) in [5.74, 6) is 0.767. The molecule has 0 aliphatic heterocycles. The van der Waals surface area contributed by atoms with Gasteiger partial charge in [0.15, 0.2) is 5.76 Å². The Bertz CT molecular complexity index is 436. The van der Waals surface area contributed by atoms with Crippen molar-refractivity contribution in [3.05, 3.63) is 36.0 Å². The third-order valence-corrected chi connectivity index (χ3v) is 2.89. The zero-order chi connectivity index (χ0) is 10.7. The van der Waals surface area contributed by atoms with Crippen LogP contribution in [0.2, 0.25) is 0 Å². The van der Waals surface area contributed by atoms with E-state index < -0.39 is 0 Å². The molecule has 0 saturated heterocycles. The van der Waals surface area contributed by atoms with Crippen molar-refractivity contribution in [2.75, 3.05) is 6.26 Å². The van der Waals surface area contributed by atoms with Crippen LogP contribution >= 0.6 is 11.8 Å². The molecule has 15 heavy (non-hydrogen) atoms. The number of hydrogen-bond acceptors (Lipinski definition) is 4. The van der Waals surface area contributed by atoms with Gasteiger partial charge in [-0.1, -0.05) is 17.3 Å². The van der Waals surface area contributed by atoms with E-state index in [1.807, 2.05) is 18.2 Å². The van der Waals surface area contributed by atoms with Crippen molar-refractivity contribution in [3.8, 4) is 11.3 Å². The highest BCUT2D eigenvalue weighted by Crippen LogP contribution is 2.23. The monoisotopic (exact) mass is 220 g/mol. The van der Waals surface area contributed by atoms with Crippen molar-refractivity contribution in [1.29, 1.82) is 0 Å². The van der Waals surface area contributed by atoms with Crippen LogP contribution in [0.5, 0.6) is 0 Å². The van der Waals surface area contributed by atoms with E-state index in [-0.39, 0.29) is 0 Å². The van der Waals surface area contributed by atoms with Crippen LogP contribution in [-0.2, 0) is 6.54 Å². The van der Waals surface area contributed by atoms with E-state index in [1.165, 1.54) is 4.90 Å². The van der Waals surface area contributed by atoms with Gasteiger partial charge in [0.05, 0.1) is 5.69 Å². The maximum absolute atomic E-state index is 5.46. The zero-order valence-corrected chi connectivity index (χ0v) is 9.25. The van der Waals surface area contributed by atoms with Crippen LogP contribution in [-0.4, -0.2) is 11.4 Å². The summed E-state index contributed by atoms with van der Waals surface area (Å²) in [6.07, 6.45) is 2.05. The Labute approximate surface area is 92.6 Å². The lowest BCUT2D eigenvalue weighted by molar-refractivity contribution is 0.424. The average molecular weight is 220 g/mol. The fraction of sp³-hybridized carbons (Fsp3) is 0.182. The van der Waals surface area contributed by atoms with Gasteiger partial charge in [-0.3, -0.25) is 0 Å². The van der Waals surface area contributed by atoms with Crippen LogP contribution in [0.15, 0.2) is 39.8 Å². The number of nitrogens with two attached hydrogens (primary N) is 1. The van der Waals surface area contributed by atoms with E-state index in [4.69, 9.17) is 10.3 Å². The van der Waals surface area contributed by atoms with Gasteiger partial charge in [0.1, 0.15) is 0 Å². The molecule has 0 spiro atoms. The Morgan fingerprint density at radius 1 is 1.33 bits per heavy atom. The highest BCUT2D eigenvalue weighted by molar-refractivity contribution is 7.98. The molecular formula is C11H12N2OS. The summed E-state index contributed by atoms with van der Waals surface area (Å²) in [4.78, 5) is 1.23. The van der Waals surface area contributed by atoms with Gasteiger partial charge in [-0.05, 0) is 18.4 Å². The van der Waals surface area contributed by atoms with Gasteiger partial charge in [0.25, 0.3) is 0 Å². The van der Waals surface area contributed by atoms with Crippen LogP contribution in [0, 0.1) is 0 Å². The van der Waals surface area contributed by atoms with Crippen molar-refractivity contribution < 1.29 is 4.52 Å². The molecule has 0 aliphatic carbocycles. The quantitative estimate of drug-likeness (QED) is 0.807. The maximum atomic E-state index is 5.46. The minimum atomic E-state index is 0.409. The predicted octanol–water partition coefficient (Wildman–Crippen LogP) is 2.52. The van der Waals surface area contributed by atoms with Gasteiger partial charge in [0.2, 0.25) is 0 Å². The molecule has 1 aromatic carbocycles. The summed E-state index contributed by atoms with van der Waals surface area (Å²) < 4.78 is 5.18. The fourth-order valence-electron chi connectivity index (χ4n) is 1.30. The van der Waals surface area contributed by atoms with E-state index in [1.54, 1.807) is 11.8 Å². The van der Waals surface area contributed by atoms with Crippen molar-refractivity contribution in [3.63, 3.8) is 0 Å². The van der Waals surface area contributed by atoms with Gasteiger partial charge >= 0.3 is 0 Å². The van der Waals surface area contributed by atoms with Gasteiger partial charge in [0, 0.05) is 23.1 Å². The lowest BCUT2D eigenvalue weighted by atomic mass is 10.1. The lowest BCUT2D eigenvalue weighted by Crippen LogP contribution is -1.94. The third-order valence-electron chi connectivity index (χ3n) is 2.14. The van der Waals surface area contributed by atoms with E-state index in [0.29, 0.717) is 6.54 Å². The Balaban J connectivity index is 2.28. The lowest BCUT2D eigenvalue weighted by Gasteiger charge is -1.97. The molecular weight excluding hydrogens is 208 g/mol. The van der Waals surface area contributed by atoms with Gasteiger partial charge < -0.3 is 10.3 Å². The molecule has 2 N–H and O–H groups in total. The topological polar surface area (TPSA) is 52.0 Å². The van der Waals surface area contributed by atoms with Crippen LogP contribution in [0.25, 0.3) is 11.3 Å². The minimum absolute atomic E-state index is 0.409. The van der Waals surface area contributed by atoms with Crippen LogP contribution in [0.3, 0.4) is 0 Å². The van der Waals surface area contributed by atoms with E-state index >= 15 is 0 Å². The molecule has 0 radical (unpaired) electrons. The number of thioether (sulfide) groups is 1. The molecule has 0 bridgehead atoms. The zero-order valence-electron chi connectivity index (χ0n) is 8.43. The Morgan fingerprint density at radius 2 is 2.07 bits per heavy atom. The second-order valence-corrected chi connectivity index (χ2v) is 3.99. The second-order valence-electron chi connectivity index (χ2n) is 3.12. The molecule has 0 saturated carbocycles. The molecule has 78 valence electrons. The minimum Gasteiger partial charge on any atom is -0.356 e. The first kappa shape index (κ1) is 10.3. The average Bonchev–Trinajstić information content (AvgIpc) is 2.78. The molecule has 2 aromatic rings. The van der Waals surface area contributed by atoms with Gasteiger partial charge in [-0.2, -0.15) is 0 Å². The predicted molar refractivity (Wildman–Crippen MR) is 61.6 cm³/mol. The first-order valence-electron chi connectivity index (χ1n) is 4.63. The number of hydrogen-bond donors (Lipinski definition) is 1. The molecule has 3 nitrogen and oxygen atoms in total. The molecule has 0 aliphatic rings. The molecule has 1 heterocycles. The molecule has 0 unspecified atom stereocenters. The summed E-state index contributed by atoms with van der Waals surface area (Å²) in [6, 6.07) is 10.0. The number of nitrogens with zero attached hydrogens (tertiary/aromatic N) is 1. The SMILES string of the molecule is CSc1ccc(-c2cc(CN)no2)cc1. The Hall–Kier alpha value is -1.26. The summed E-state index contributed by atoms with van der Waals surface area (Å²) in [5.41, 5.74) is 7.27. The van der Waals surface area contributed by atoms with Crippen LogP contribution in [0.1, 0.15) is 5.69 Å². The number of aromatic nitrogens is 1. The molecule has 0 fully saturated rings. The summed E-state index contributed by atoms with van der Waals surface area (Å²) in [5, 5.41) is 3.85. The Kier molecular flexibility index (Phi) is 3.08. The second kappa shape index (κ2) is 4.51. The molecule has 0 atom stereocenters. The highest BCUT2D eigenvalue weighted by Gasteiger charge is 2.04. The van der Waals surface area contributed by atoms with E-state index in [0.717, 1.165) is 17.0 Å². The normalized spacial score (nSPS) is 10.5. The highest BCUT2D eigenvalue weighted by atomic mass is 32.2. The smallest absolute Gasteiger partial charge is 0.167 e. The van der Waals surface area contributed by atoms with Gasteiger partial charge in [-0.25, -0.2) is 0 Å². The van der Waals surface area contributed by atoms with Crippen molar-refractivity contribution in [1.82, 2.24) is 5.16 Å².